The zero-order valence-electron chi connectivity index (χ0n) is 17.6. The Morgan fingerprint density at radius 2 is 1.67 bits per heavy atom. The van der Waals surface area contributed by atoms with Gasteiger partial charge in [0.15, 0.2) is 11.5 Å². The fraction of sp³-hybridized carbons (Fsp3) is 0.364. The molecule has 0 aliphatic rings. The summed E-state index contributed by atoms with van der Waals surface area (Å²) in [7, 11) is 2.63. The summed E-state index contributed by atoms with van der Waals surface area (Å²) in [5, 5.41) is 4.49. The molecule has 162 valence electrons. The third kappa shape index (κ3) is 6.54. The second-order valence-corrected chi connectivity index (χ2v) is 8.44. The third-order valence-corrected chi connectivity index (χ3v) is 4.41. The van der Waals surface area contributed by atoms with Crippen molar-refractivity contribution in [2.45, 2.75) is 27.4 Å². The lowest BCUT2D eigenvalue weighted by Gasteiger charge is -2.20. The van der Waals surface area contributed by atoms with Crippen LogP contribution >= 0.6 is 23.2 Å². The first-order valence-electron chi connectivity index (χ1n) is 9.18. The molecule has 0 saturated heterocycles. The van der Waals surface area contributed by atoms with Crippen LogP contribution in [0, 0.1) is 5.41 Å². The molecule has 0 atom stereocenters. The van der Waals surface area contributed by atoms with E-state index < -0.39 is 5.97 Å². The van der Waals surface area contributed by atoms with Crippen LogP contribution in [-0.2, 0) is 21.0 Å². The second-order valence-electron chi connectivity index (χ2n) is 7.63. The van der Waals surface area contributed by atoms with Crippen LogP contribution in [0.25, 0.3) is 0 Å². The largest absolute Gasteiger partial charge is 0.490 e. The van der Waals surface area contributed by atoms with Crippen LogP contribution in [-0.4, -0.2) is 32.5 Å². The lowest BCUT2D eigenvalue weighted by atomic mass is 9.99. The van der Waals surface area contributed by atoms with Crippen molar-refractivity contribution in [1.29, 1.82) is 0 Å². The van der Waals surface area contributed by atoms with Crippen molar-refractivity contribution in [3.8, 4) is 11.5 Å². The number of carbonyl (C=O) groups is 1. The molecule has 0 spiro atoms. The van der Waals surface area contributed by atoms with Crippen LogP contribution in [0.2, 0.25) is 10.0 Å². The first kappa shape index (κ1) is 23.8. The zero-order valence-corrected chi connectivity index (χ0v) is 19.1. The van der Waals surface area contributed by atoms with E-state index in [1.807, 2.05) is 12.1 Å². The molecule has 30 heavy (non-hydrogen) atoms. The van der Waals surface area contributed by atoms with Crippen molar-refractivity contribution < 1.29 is 23.8 Å². The van der Waals surface area contributed by atoms with Crippen LogP contribution in [0.4, 0.5) is 0 Å². The first-order chi connectivity index (χ1) is 14.2. The van der Waals surface area contributed by atoms with E-state index in [0.717, 1.165) is 0 Å². The molecular weight excluding hydrogens is 429 g/mol. The molecule has 6 nitrogen and oxygen atoms in total. The number of halogens is 2. The average Bonchev–Trinajstić information content (AvgIpc) is 2.68. The van der Waals surface area contributed by atoms with E-state index in [-0.39, 0.29) is 17.7 Å². The predicted octanol–water partition coefficient (Wildman–Crippen LogP) is 5.52. The summed E-state index contributed by atoms with van der Waals surface area (Å²) < 4.78 is 16.4. The van der Waals surface area contributed by atoms with Gasteiger partial charge in [-0.2, -0.15) is 0 Å². The highest BCUT2D eigenvalue weighted by molar-refractivity contribution is 6.43. The van der Waals surface area contributed by atoms with Gasteiger partial charge in [-0.3, -0.25) is 0 Å². The number of hydrogen-bond donors (Lipinski definition) is 0. The Bertz CT molecular complexity index is 899. The summed E-state index contributed by atoms with van der Waals surface area (Å²) in [6, 6.07) is 10.4. The summed E-state index contributed by atoms with van der Waals surface area (Å²) in [6.07, 6.45) is 0. The molecule has 0 unspecified atom stereocenters. The lowest BCUT2D eigenvalue weighted by molar-refractivity contribution is -0.132. The highest BCUT2D eigenvalue weighted by atomic mass is 35.5. The van der Waals surface area contributed by atoms with E-state index >= 15 is 0 Å². The third-order valence-electron chi connectivity index (χ3n) is 3.85. The first-order valence-corrected chi connectivity index (χ1v) is 9.94. The Kier molecular flexibility index (Phi) is 8.38. The molecule has 0 radical (unpaired) electrons. The molecule has 2 rings (SSSR count). The summed E-state index contributed by atoms with van der Waals surface area (Å²) in [5.74, 6) is 0.267. The van der Waals surface area contributed by atoms with Gasteiger partial charge in [0.25, 0.3) is 0 Å². The highest BCUT2D eigenvalue weighted by Crippen LogP contribution is 2.38. The van der Waals surface area contributed by atoms with Gasteiger partial charge in [-0.15, -0.1) is 0 Å². The standard InChI is InChI=1S/C22H25Cl2NO5/c1-22(2,3)13-30-20-17(23)10-15(11-18(20)24)29-12-14-8-6-7-9-16(14)19(25-28-5)21(26)27-4/h6-11H,12-13H2,1-5H3. The maximum Gasteiger partial charge on any atom is 0.360 e. The molecule has 0 heterocycles. The van der Waals surface area contributed by atoms with Crippen LogP contribution in [0.1, 0.15) is 31.9 Å². The SMILES string of the molecule is CON=C(C(=O)OC)c1ccccc1COc1cc(Cl)c(OCC(C)(C)C)c(Cl)c1. The van der Waals surface area contributed by atoms with E-state index in [0.29, 0.717) is 39.3 Å². The van der Waals surface area contributed by atoms with E-state index in [1.54, 1.807) is 24.3 Å². The number of esters is 1. The molecule has 0 aromatic heterocycles. The molecular formula is C22H25Cl2NO5. The van der Waals surface area contributed by atoms with Gasteiger partial charge in [-0.05, 0) is 11.0 Å². The molecule has 0 aliphatic heterocycles. The minimum atomic E-state index is -0.615. The van der Waals surface area contributed by atoms with E-state index in [9.17, 15) is 4.79 Å². The molecule has 0 amide bonds. The molecule has 0 bridgehead atoms. The van der Waals surface area contributed by atoms with Gasteiger partial charge < -0.3 is 19.0 Å². The van der Waals surface area contributed by atoms with Crippen LogP contribution in [0.3, 0.4) is 0 Å². The normalized spacial score (nSPS) is 11.8. The van der Waals surface area contributed by atoms with Crippen molar-refractivity contribution in [2.75, 3.05) is 20.8 Å². The van der Waals surface area contributed by atoms with Gasteiger partial charge in [0, 0.05) is 17.7 Å². The van der Waals surface area contributed by atoms with Gasteiger partial charge in [-0.1, -0.05) is 73.4 Å². The van der Waals surface area contributed by atoms with Crippen LogP contribution in [0.5, 0.6) is 11.5 Å². The van der Waals surface area contributed by atoms with Crippen molar-refractivity contribution >= 4 is 34.9 Å². The number of benzene rings is 2. The minimum Gasteiger partial charge on any atom is -0.490 e. The number of rotatable bonds is 8. The molecule has 2 aromatic carbocycles. The highest BCUT2D eigenvalue weighted by Gasteiger charge is 2.20. The molecule has 0 saturated carbocycles. The number of carbonyl (C=O) groups excluding carboxylic acids is 1. The Labute approximate surface area is 186 Å². The fourth-order valence-corrected chi connectivity index (χ4v) is 3.05. The summed E-state index contributed by atoms with van der Waals surface area (Å²) in [6.45, 7) is 6.78. The summed E-state index contributed by atoms with van der Waals surface area (Å²) in [4.78, 5) is 16.9. The van der Waals surface area contributed by atoms with E-state index in [4.69, 9.17) is 42.3 Å². The topological polar surface area (TPSA) is 66.4 Å². The minimum absolute atomic E-state index is 0.0351. The monoisotopic (exact) mass is 453 g/mol. The predicted molar refractivity (Wildman–Crippen MR) is 118 cm³/mol. The number of ether oxygens (including phenoxy) is 3. The van der Waals surface area contributed by atoms with Crippen LogP contribution < -0.4 is 9.47 Å². The average molecular weight is 454 g/mol. The number of oxime groups is 1. The molecule has 0 fully saturated rings. The van der Waals surface area contributed by atoms with Crippen LogP contribution in [0.15, 0.2) is 41.6 Å². The summed E-state index contributed by atoms with van der Waals surface area (Å²) >= 11 is 12.7. The Hall–Kier alpha value is -2.44. The van der Waals surface area contributed by atoms with E-state index in [2.05, 4.69) is 25.9 Å². The Balaban J connectivity index is 2.22. The van der Waals surface area contributed by atoms with E-state index in [1.165, 1.54) is 14.2 Å². The van der Waals surface area contributed by atoms with Crippen molar-refractivity contribution in [3.63, 3.8) is 0 Å². The molecule has 0 aliphatic carbocycles. The maximum atomic E-state index is 12.1. The lowest BCUT2D eigenvalue weighted by Crippen LogP contribution is -2.19. The van der Waals surface area contributed by atoms with Crippen molar-refractivity contribution in [1.82, 2.24) is 0 Å². The fourth-order valence-electron chi connectivity index (χ4n) is 2.47. The zero-order chi connectivity index (χ0) is 22.3. The maximum absolute atomic E-state index is 12.1. The summed E-state index contributed by atoms with van der Waals surface area (Å²) in [5.41, 5.74) is 1.25. The molecule has 2 aromatic rings. The number of methoxy groups -OCH3 is 1. The van der Waals surface area contributed by atoms with Crippen molar-refractivity contribution in [2.24, 2.45) is 10.6 Å². The van der Waals surface area contributed by atoms with Gasteiger partial charge in [0.1, 0.15) is 19.5 Å². The number of hydrogen-bond acceptors (Lipinski definition) is 6. The Morgan fingerprint density at radius 3 is 2.23 bits per heavy atom. The molecule has 0 N–H and O–H groups in total. The Morgan fingerprint density at radius 1 is 1.03 bits per heavy atom. The van der Waals surface area contributed by atoms with Gasteiger partial charge >= 0.3 is 5.97 Å². The van der Waals surface area contributed by atoms with Gasteiger partial charge in [0.2, 0.25) is 0 Å². The number of nitrogens with zero attached hydrogens (tertiary/aromatic N) is 1. The smallest absolute Gasteiger partial charge is 0.360 e. The molecule has 8 heteroatoms. The second kappa shape index (κ2) is 10.5. The van der Waals surface area contributed by atoms with Gasteiger partial charge in [0.05, 0.1) is 23.8 Å². The van der Waals surface area contributed by atoms with Crippen molar-refractivity contribution in [3.05, 3.63) is 57.6 Å². The quantitative estimate of drug-likeness (QED) is 0.299. The van der Waals surface area contributed by atoms with Gasteiger partial charge in [-0.25, -0.2) is 4.79 Å².